The van der Waals surface area contributed by atoms with E-state index in [-0.39, 0.29) is 11.9 Å². The van der Waals surface area contributed by atoms with E-state index in [2.05, 4.69) is 22.7 Å². The van der Waals surface area contributed by atoms with Gasteiger partial charge in [-0.2, -0.15) is 5.10 Å². The zero-order valence-corrected chi connectivity index (χ0v) is 14.0. The van der Waals surface area contributed by atoms with E-state index in [9.17, 15) is 4.79 Å². The van der Waals surface area contributed by atoms with Crippen LogP contribution in [0.4, 0.5) is 0 Å². The highest BCUT2D eigenvalue weighted by Crippen LogP contribution is 2.18. The molecule has 1 fully saturated rings. The summed E-state index contributed by atoms with van der Waals surface area (Å²) in [5.41, 5.74) is 3.66. The molecule has 0 bridgehead atoms. The second-order valence-corrected chi connectivity index (χ2v) is 6.31. The topological polar surface area (TPSA) is 59.0 Å². The first kappa shape index (κ1) is 15.7. The number of nitrogens with one attached hydrogen (secondary N) is 2. The number of aromatic nitrogens is 2. The molecule has 0 spiro atoms. The minimum Gasteiger partial charge on any atom is -0.348 e. The lowest BCUT2D eigenvalue weighted by Crippen LogP contribution is -2.51. The van der Waals surface area contributed by atoms with Crippen molar-refractivity contribution in [1.82, 2.24) is 20.4 Å². The average molecular weight is 312 g/mol. The lowest BCUT2D eigenvalue weighted by atomic mass is 9.99. The summed E-state index contributed by atoms with van der Waals surface area (Å²) >= 11 is 0. The van der Waals surface area contributed by atoms with Crippen molar-refractivity contribution >= 4 is 5.91 Å². The smallest absolute Gasteiger partial charge is 0.255 e. The molecule has 5 heteroatoms. The monoisotopic (exact) mass is 312 g/mol. The fraction of sp³-hybridized carbons (Fsp3) is 0.444. The number of rotatable bonds is 3. The fourth-order valence-corrected chi connectivity index (χ4v) is 3.16. The van der Waals surface area contributed by atoms with E-state index >= 15 is 0 Å². The van der Waals surface area contributed by atoms with Crippen LogP contribution in [0, 0.1) is 13.8 Å². The van der Waals surface area contributed by atoms with Crippen molar-refractivity contribution in [2.75, 3.05) is 6.54 Å². The van der Waals surface area contributed by atoms with Gasteiger partial charge in [0, 0.05) is 12.1 Å². The maximum atomic E-state index is 12.6. The maximum absolute atomic E-state index is 12.6. The fourth-order valence-electron chi connectivity index (χ4n) is 3.16. The molecular formula is C18H24N4O. The number of piperidine rings is 1. The van der Waals surface area contributed by atoms with Crippen molar-refractivity contribution in [3.63, 3.8) is 0 Å². The Kier molecular flexibility index (Phi) is 4.48. The Balaban J connectivity index is 1.81. The summed E-state index contributed by atoms with van der Waals surface area (Å²) in [7, 11) is 0. The predicted octanol–water partition coefficient (Wildman–Crippen LogP) is 2.36. The Bertz CT molecular complexity index is 707. The molecule has 1 aliphatic heterocycles. The van der Waals surface area contributed by atoms with Crippen molar-refractivity contribution in [2.24, 2.45) is 0 Å². The van der Waals surface area contributed by atoms with Gasteiger partial charge in [-0.1, -0.05) is 18.2 Å². The maximum Gasteiger partial charge on any atom is 0.255 e. The van der Waals surface area contributed by atoms with Crippen LogP contribution in [0.15, 0.2) is 30.5 Å². The summed E-state index contributed by atoms with van der Waals surface area (Å²) in [5, 5.41) is 11.0. The molecule has 1 amide bonds. The number of para-hydroxylation sites is 1. The molecular weight excluding hydrogens is 288 g/mol. The Morgan fingerprint density at radius 2 is 2.13 bits per heavy atom. The van der Waals surface area contributed by atoms with Crippen molar-refractivity contribution in [3.05, 3.63) is 47.3 Å². The molecule has 0 saturated carbocycles. The third-order valence-corrected chi connectivity index (χ3v) is 4.68. The van der Waals surface area contributed by atoms with Crippen LogP contribution in [-0.2, 0) is 0 Å². The van der Waals surface area contributed by atoms with Crippen LogP contribution in [0.25, 0.3) is 5.69 Å². The van der Waals surface area contributed by atoms with Gasteiger partial charge in [-0.3, -0.25) is 4.79 Å². The minimum absolute atomic E-state index is 0.0390. The number of hydrogen-bond donors (Lipinski definition) is 2. The lowest BCUT2D eigenvalue weighted by Gasteiger charge is -2.30. The quantitative estimate of drug-likeness (QED) is 0.915. The van der Waals surface area contributed by atoms with Gasteiger partial charge in [0.25, 0.3) is 5.91 Å². The average Bonchev–Trinajstić information content (AvgIpc) is 2.92. The summed E-state index contributed by atoms with van der Waals surface area (Å²) in [6.07, 6.45) is 3.78. The molecule has 1 aliphatic rings. The molecule has 2 aromatic rings. The van der Waals surface area contributed by atoms with E-state index in [0.717, 1.165) is 36.3 Å². The van der Waals surface area contributed by atoms with Crippen LogP contribution in [0.5, 0.6) is 0 Å². The van der Waals surface area contributed by atoms with Gasteiger partial charge in [-0.15, -0.1) is 0 Å². The molecule has 2 unspecified atom stereocenters. The number of hydrogen-bond acceptors (Lipinski definition) is 3. The molecule has 23 heavy (non-hydrogen) atoms. The third-order valence-electron chi connectivity index (χ3n) is 4.68. The number of aryl methyl sites for hydroxylation is 1. The van der Waals surface area contributed by atoms with Crippen molar-refractivity contribution in [2.45, 2.75) is 45.7 Å². The van der Waals surface area contributed by atoms with E-state index in [0.29, 0.717) is 11.6 Å². The zero-order valence-electron chi connectivity index (χ0n) is 14.0. The first-order chi connectivity index (χ1) is 11.1. The number of carbonyl (C=O) groups is 1. The van der Waals surface area contributed by atoms with Gasteiger partial charge >= 0.3 is 0 Å². The van der Waals surface area contributed by atoms with Crippen LogP contribution in [-0.4, -0.2) is 34.3 Å². The van der Waals surface area contributed by atoms with E-state index in [1.165, 1.54) is 0 Å². The van der Waals surface area contributed by atoms with Crippen LogP contribution in [0.2, 0.25) is 0 Å². The Hall–Kier alpha value is -2.14. The summed E-state index contributed by atoms with van der Waals surface area (Å²) in [6.45, 7) is 7.13. The highest BCUT2D eigenvalue weighted by molar-refractivity contribution is 5.95. The van der Waals surface area contributed by atoms with Crippen LogP contribution >= 0.6 is 0 Å². The molecule has 0 radical (unpaired) electrons. The molecule has 2 atom stereocenters. The van der Waals surface area contributed by atoms with Crippen LogP contribution in [0.3, 0.4) is 0 Å². The molecule has 0 aliphatic carbocycles. The summed E-state index contributed by atoms with van der Waals surface area (Å²) < 4.78 is 1.84. The normalized spacial score (nSPS) is 21.2. The van der Waals surface area contributed by atoms with Gasteiger partial charge < -0.3 is 10.6 Å². The molecule has 5 nitrogen and oxygen atoms in total. The Labute approximate surface area is 137 Å². The molecule has 1 aromatic carbocycles. The van der Waals surface area contributed by atoms with E-state index in [1.807, 2.05) is 42.8 Å². The summed E-state index contributed by atoms with van der Waals surface area (Å²) in [4.78, 5) is 12.6. The van der Waals surface area contributed by atoms with E-state index in [1.54, 1.807) is 6.20 Å². The van der Waals surface area contributed by atoms with Gasteiger partial charge in [0.15, 0.2) is 0 Å². The molecule has 2 heterocycles. The highest BCUT2D eigenvalue weighted by Gasteiger charge is 2.24. The standard InChI is InChI=1S/C18H24N4O/c1-12-7-4-5-9-17(12)22-14(3)15(11-20-22)18(23)21-16-8-6-10-19-13(16)2/h4-5,7,9,11,13,16,19H,6,8,10H2,1-3H3,(H,21,23). The predicted molar refractivity (Wildman–Crippen MR) is 91.0 cm³/mol. The van der Waals surface area contributed by atoms with Crippen molar-refractivity contribution in [1.29, 1.82) is 0 Å². The summed E-state index contributed by atoms with van der Waals surface area (Å²) in [5.74, 6) is -0.0390. The first-order valence-corrected chi connectivity index (χ1v) is 8.23. The largest absolute Gasteiger partial charge is 0.348 e. The Morgan fingerprint density at radius 1 is 1.35 bits per heavy atom. The molecule has 122 valence electrons. The molecule has 3 rings (SSSR count). The SMILES string of the molecule is Cc1ccccc1-n1ncc(C(=O)NC2CCCNC2C)c1C. The number of amides is 1. The second-order valence-electron chi connectivity index (χ2n) is 6.31. The van der Waals surface area contributed by atoms with Gasteiger partial charge in [0.2, 0.25) is 0 Å². The van der Waals surface area contributed by atoms with Gasteiger partial charge in [0.1, 0.15) is 0 Å². The summed E-state index contributed by atoms with van der Waals surface area (Å²) in [6, 6.07) is 8.54. The van der Waals surface area contributed by atoms with Gasteiger partial charge in [-0.05, 0) is 51.8 Å². The number of carbonyl (C=O) groups excluding carboxylic acids is 1. The zero-order chi connectivity index (χ0) is 16.4. The van der Waals surface area contributed by atoms with E-state index < -0.39 is 0 Å². The van der Waals surface area contributed by atoms with E-state index in [4.69, 9.17) is 0 Å². The lowest BCUT2D eigenvalue weighted by molar-refractivity contribution is 0.0919. The van der Waals surface area contributed by atoms with Crippen LogP contribution < -0.4 is 10.6 Å². The molecule has 1 saturated heterocycles. The Morgan fingerprint density at radius 3 is 2.87 bits per heavy atom. The second kappa shape index (κ2) is 6.54. The molecule has 2 N–H and O–H groups in total. The number of benzene rings is 1. The molecule has 1 aromatic heterocycles. The minimum atomic E-state index is -0.0390. The van der Waals surface area contributed by atoms with Crippen molar-refractivity contribution in [3.8, 4) is 5.69 Å². The van der Waals surface area contributed by atoms with Crippen LogP contribution in [0.1, 0.15) is 41.4 Å². The van der Waals surface area contributed by atoms with Gasteiger partial charge in [-0.25, -0.2) is 4.68 Å². The highest BCUT2D eigenvalue weighted by atomic mass is 16.1. The number of nitrogens with zero attached hydrogens (tertiary/aromatic N) is 2. The third kappa shape index (κ3) is 3.15. The first-order valence-electron chi connectivity index (χ1n) is 8.23. The van der Waals surface area contributed by atoms with Crippen molar-refractivity contribution < 1.29 is 4.79 Å². The van der Waals surface area contributed by atoms with Gasteiger partial charge in [0.05, 0.1) is 23.1 Å².